The molecule has 8 nitrogen and oxygen atoms in total. The minimum Gasteiger partial charge on any atom is -0.496 e. The number of nitrogens with zero attached hydrogens (tertiary/aromatic N) is 5. The fourth-order valence-corrected chi connectivity index (χ4v) is 3.44. The van der Waals surface area contributed by atoms with Gasteiger partial charge in [-0.15, -0.1) is 10.2 Å². The highest BCUT2D eigenvalue weighted by atomic mass is 16.5. The number of amides is 2. The van der Waals surface area contributed by atoms with E-state index in [1.165, 1.54) is 0 Å². The molecule has 0 bridgehead atoms. The molecule has 144 valence electrons. The van der Waals surface area contributed by atoms with Crippen LogP contribution < -0.4 is 4.74 Å². The molecular formula is C20H21N5O3. The van der Waals surface area contributed by atoms with Gasteiger partial charge < -0.3 is 14.5 Å². The van der Waals surface area contributed by atoms with E-state index in [1.54, 1.807) is 46.6 Å². The number of para-hydroxylation sites is 1. The van der Waals surface area contributed by atoms with E-state index >= 15 is 0 Å². The first-order valence-corrected chi connectivity index (χ1v) is 9.11. The summed E-state index contributed by atoms with van der Waals surface area (Å²) in [4.78, 5) is 28.0. The van der Waals surface area contributed by atoms with Gasteiger partial charge >= 0.3 is 0 Å². The van der Waals surface area contributed by atoms with E-state index in [0.717, 1.165) is 5.56 Å². The molecule has 3 aromatic rings. The molecule has 8 heteroatoms. The van der Waals surface area contributed by atoms with Crippen LogP contribution in [0.15, 0.2) is 42.6 Å². The number of hydrogen-bond acceptors (Lipinski definition) is 5. The molecular weight excluding hydrogens is 358 g/mol. The van der Waals surface area contributed by atoms with Crippen LogP contribution in [0.4, 0.5) is 0 Å². The highest BCUT2D eigenvalue weighted by molar-refractivity contribution is 5.94. The maximum atomic E-state index is 13.0. The van der Waals surface area contributed by atoms with E-state index in [1.807, 2.05) is 24.3 Å². The third kappa shape index (κ3) is 3.17. The Morgan fingerprint density at radius 2 is 1.68 bits per heavy atom. The molecule has 28 heavy (non-hydrogen) atoms. The molecule has 2 aromatic heterocycles. The molecule has 3 heterocycles. The van der Waals surface area contributed by atoms with Crippen molar-refractivity contribution >= 4 is 17.5 Å². The first kappa shape index (κ1) is 18.0. The Kier molecular flexibility index (Phi) is 4.68. The van der Waals surface area contributed by atoms with Gasteiger partial charge in [0.25, 0.3) is 5.91 Å². The lowest BCUT2D eigenvalue weighted by Crippen LogP contribution is -2.50. The van der Waals surface area contributed by atoms with Gasteiger partial charge in [0.15, 0.2) is 11.5 Å². The first-order chi connectivity index (χ1) is 13.6. The lowest BCUT2D eigenvalue weighted by atomic mass is 10.2. The second kappa shape index (κ2) is 7.30. The van der Waals surface area contributed by atoms with Crippen molar-refractivity contribution in [3.05, 3.63) is 48.2 Å². The van der Waals surface area contributed by atoms with E-state index in [9.17, 15) is 9.59 Å². The SMILES string of the molecule is COc1ccccc1-c1nnc2ccc(C(=O)N3CCN(C(C)=O)CC3)cn12. The Hall–Kier alpha value is -3.42. The number of carbonyl (C=O) groups is 2. The van der Waals surface area contributed by atoms with Gasteiger partial charge in [-0.25, -0.2) is 0 Å². The highest BCUT2D eigenvalue weighted by Crippen LogP contribution is 2.28. The monoisotopic (exact) mass is 379 g/mol. The van der Waals surface area contributed by atoms with E-state index in [2.05, 4.69) is 10.2 Å². The molecule has 0 saturated carbocycles. The molecule has 0 unspecified atom stereocenters. The summed E-state index contributed by atoms with van der Waals surface area (Å²) in [5.74, 6) is 1.28. The highest BCUT2D eigenvalue weighted by Gasteiger charge is 2.24. The van der Waals surface area contributed by atoms with Crippen LogP contribution in [0.25, 0.3) is 17.0 Å². The zero-order chi connectivity index (χ0) is 19.7. The third-order valence-corrected chi connectivity index (χ3v) is 5.01. The van der Waals surface area contributed by atoms with Gasteiger partial charge in [-0.2, -0.15) is 0 Å². The molecule has 2 amide bonds. The Labute approximate surface area is 162 Å². The number of piperazine rings is 1. The van der Waals surface area contributed by atoms with E-state index in [0.29, 0.717) is 49.0 Å². The fraction of sp³-hybridized carbons (Fsp3) is 0.300. The van der Waals surface area contributed by atoms with Crippen molar-refractivity contribution in [3.63, 3.8) is 0 Å². The summed E-state index contributed by atoms with van der Waals surface area (Å²) in [6, 6.07) is 11.1. The van der Waals surface area contributed by atoms with Gasteiger partial charge in [0.2, 0.25) is 5.91 Å². The quantitative estimate of drug-likeness (QED) is 0.692. The minimum absolute atomic E-state index is 0.0412. The standard InChI is InChI=1S/C20H21N5O3/c1-14(26)23-9-11-24(12-10-23)20(27)15-7-8-18-21-22-19(25(18)13-15)16-5-3-4-6-17(16)28-2/h3-8,13H,9-12H2,1-2H3. The molecule has 4 rings (SSSR count). The smallest absolute Gasteiger partial charge is 0.255 e. The van der Waals surface area contributed by atoms with Crippen LogP contribution in [-0.4, -0.2) is 69.5 Å². The van der Waals surface area contributed by atoms with Crippen molar-refractivity contribution in [2.24, 2.45) is 0 Å². The number of pyridine rings is 1. The zero-order valence-corrected chi connectivity index (χ0v) is 15.8. The van der Waals surface area contributed by atoms with Crippen LogP contribution in [0, 0.1) is 0 Å². The van der Waals surface area contributed by atoms with Crippen LogP contribution >= 0.6 is 0 Å². The van der Waals surface area contributed by atoms with Crippen molar-refractivity contribution in [2.75, 3.05) is 33.3 Å². The Morgan fingerprint density at radius 1 is 0.964 bits per heavy atom. The van der Waals surface area contributed by atoms with Crippen LogP contribution in [-0.2, 0) is 4.79 Å². The predicted octanol–water partition coefficient (Wildman–Crippen LogP) is 1.71. The number of hydrogen-bond donors (Lipinski definition) is 0. The summed E-state index contributed by atoms with van der Waals surface area (Å²) >= 11 is 0. The fourth-order valence-electron chi connectivity index (χ4n) is 3.44. The number of ether oxygens (including phenoxy) is 1. The van der Waals surface area contributed by atoms with Crippen molar-refractivity contribution in [3.8, 4) is 17.1 Å². The van der Waals surface area contributed by atoms with Crippen LogP contribution in [0.2, 0.25) is 0 Å². The van der Waals surface area contributed by atoms with Crippen LogP contribution in [0.1, 0.15) is 17.3 Å². The normalized spacial score (nSPS) is 14.4. The van der Waals surface area contributed by atoms with Gasteiger partial charge in [0, 0.05) is 39.3 Å². The molecule has 1 aliphatic rings. The number of rotatable bonds is 3. The third-order valence-electron chi connectivity index (χ3n) is 5.01. The van der Waals surface area contributed by atoms with Gasteiger partial charge in [-0.1, -0.05) is 12.1 Å². The second-order valence-electron chi connectivity index (χ2n) is 6.67. The van der Waals surface area contributed by atoms with Crippen molar-refractivity contribution in [2.45, 2.75) is 6.92 Å². The molecule has 0 atom stereocenters. The molecule has 1 aliphatic heterocycles. The molecule has 1 aromatic carbocycles. The molecule has 1 saturated heterocycles. The molecule has 0 radical (unpaired) electrons. The average molecular weight is 379 g/mol. The summed E-state index contributed by atoms with van der Waals surface area (Å²) in [6.07, 6.45) is 1.76. The molecule has 0 spiro atoms. The minimum atomic E-state index is -0.0650. The number of methoxy groups -OCH3 is 1. The van der Waals surface area contributed by atoms with E-state index < -0.39 is 0 Å². The summed E-state index contributed by atoms with van der Waals surface area (Å²) in [6.45, 7) is 3.72. The Balaban J connectivity index is 1.65. The lowest BCUT2D eigenvalue weighted by molar-refractivity contribution is -0.130. The first-order valence-electron chi connectivity index (χ1n) is 9.11. The van der Waals surface area contributed by atoms with Gasteiger partial charge in [0.1, 0.15) is 5.75 Å². The number of fused-ring (bicyclic) bond motifs is 1. The lowest BCUT2D eigenvalue weighted by Gasteiger charge is -2.34. The molecule has 0 N–H and O–H groups in total. The Morgan fingerprint density at radius 3 is 2.39 bits per heavy atom. The Bertz CT molecular complexity index is 1040. The van der Waals surface area contributed by atoms with Gasteiger partial charge in [0.05, 0.1) is 18.2 Å². The van der Waals surface area contributed by atoms with Crippen molar-refractivity contribution in [1.82, 2.24) is 24.4 Å². The topological polar surface area (TPSA) is 80.0 Å². The maximum Gasteiger partial charge on any atom is 0.255 e. The maximum absolute atomic E-state index is 13.0. The number of aromatic nitrogens is 3. The molecule has 0 aliphatic carbocycles. The molecule has 1 fully saturated rings. The van der Waals surface area contributed by atoms with Gasteiger partial charge in [-0.05, 0) is 24.3 Å². The summed E-state index contributed by atoms with van der Waals surface area (Å²) in [5.41, 5.74) is 2.01. The zero-order valence-electron chi connectivity index (χ0n) is 15.8. The van der Waals surface area contributed by atoms with Crippen molar-refractivity contribution in [1.29, 1.82) is 0 Å². The van der Waals surface area contributed by atoms with Gasteiger partial charge in [-0.3, -0.25) is 14.0 Å². The number of carbonyl (C=O) groups excluding carboxylic acids is 2. The summed E-state index contributed by atoms with van der Waals surface area (Å²) in [7, 11) is 1.61. The van der Waals surface area contributed by atoms with E-state index in [4.69, 9.17) is 4.74 Å². The van der Waals surface area contributed by atoms with Crippen LogP contribution in [0.5, 0.6) is 5.75 Å². The predicted molar refractivity (Wildman–Crippen MR) is 103 cm³/mol. The summed E-state index contributed by atoms with van der Waals surface area (Å²) in [5, 5.41) is 8.48. The largest absolute Gasteiger partial charge is 0.496 e. The number of benzene rings is 1. The van der Waals surface area contributed by atoms with Crippen LogP contribution in [0.3, 0.4) is 0 Å². The van der Waals surface area contributed by atoms with E-state index in [-0.39, 0.29) is 11.8 Å². The van der Waals surface area contributed by atoms with Crippen molar-refractivity contribution < 1.29 is 14.3 Å². The average Bonchev–Trinajstić information content (AvgIpc) is 3.16. The second-order valence-corrected chi connectivity index (χ2v) is 6.67. The summed E-state index contributed by atoms with van der Waals surface area (Å²) < 4.78 is 7.23.